The highest BCUT2D eigenvalue weighted by Gasteiger charge is 2.13. The van der Waals surface area contributed by atoms with Crippen LogP contribution in [0.2, 0.25) is 0 Å². The van der Waals surface area contributed by atoms with Crippen molar-refractivity contribution < 1.29 is 13.2 Å². The molecule has 1 aromatic heterocycles. The summed E-state index contributed by atoms with van der Waals surface area (Å²) >= 11 is 0. The van der Waals surface area contributed by atoms with Gasteiger partial charge in [-0.3, -0.25) is 4.79 Å². The Morgan fingerprint density at radius 2 is 1.48 bits per heavy atom. The summed E-state index contributed by atoms with van der Waals surface area (Å²) in [5, 5.41) is 2.65. The lowest BCUT2D eigenvalue weighted by atomic mass is 10.2. The standard InChI is InChI=1S/C19H18N4O3S/c24-18(11-12-22-27(25,26)17-9-5-2-6-10-17)23-16-13-20-19(21-14-16)15-7-3-1-4-8-15/h1-10,13-14,22H,11-12H2,(H,23,24). The van der Waals surface area contributed by atoms with Crippen LogP contribution in [-0.2, 0) is 14.8 Å². The van der Waals surface area contributed by atoms with Crippen molar-refractivity contribution in [2.24, 2.45) is 0 Å². The molecule has 7 nitrogen and oxygen atoms in total. The normalized spacial score (nSPS) is 11.1. The Kier molecular flexibility index (Phi) is 5.90. The molecule has 0 atom stereocenters. The number of hydrogen-bond donors (Lipinski definition) is 2. The minimum Gasteiger partial charge on any atom is -0.323 e. The number of nitrogens with one attached hydrogen (secondary N) is 2. The van der Waals surface area contributed by atoms with E-state index in [1.807, 2.05) is 30.3 Å². The van der Waals surface area contributed by atoms with Gasteiger partial charge in [0.1, 0.15) is 0 Å². The van der Waals surface area contributed by atoms with Crippen molar-refractivity contribution in [3.8, 4) is 11.4 Å². The zero-order valence-corrected chi connectivity index (χ0v) is 15.2. The molecule has 0 aliphatic carbocycles. The van der Waals surface area contributed by atoms with Gasteiger partial charge in [-0.1, -0.05) is 48.5 Å². The van der Waals surface area contributed by atoms with E-state index in [0.29, 0.717) is 11.5 Å². The van der Waals surface area contributed by atoms with Gasteiger partial charge in [0.2, 0.25) is 15.9 Å². The Morgan fingerprint density at radius 3 is 2.11 bits per heavy atom. The van der Waals surface area contributed by atoms with E-state index in [9.17, 15) is 13.2 Å². The summed E-state index contributed by atoms with van der Waals surface area (Å²) in [5.41, 5.74) is 1.33. The highest BCUT2D eigenvalue weighted by Crippen LogP contribution is 2.14. The maximum absolute atomic E-state index is 12.1. The zero-order valence-electron chi connectivity index (χ0n) is 14.4. The summed E-state index contributed by atoms with van der Waals surface area (Å²) in [6.45, 7) is -0.00792. The molecule has 1 amide bonds. The summed E-state index contributed by atoms with van der Waals surface area (Å²) in [6.07, 6.45) is 3.02. The molecule has 0 spiro atoms. The minimum atomic E-state index is -3.62. The summed E-state index contributed by atoms with van der Waals surface area (Å²) < 4.78 is 26.6. The highest BCUT2D eigenvalue weighted by atomic mass is 32.2. The van der Waals surface area contributed by atoms with Gasteiger partial charge in [0.15, 0.2) is 5.82 Å². The molecule has 0 fully saturated rings. The van der Waals surface area contributed by atoms with Gasteiger partial charge in [-0.2, -0.15) is 0 Å². The molecular formula is C19H18N4O3S. The van der Waals surface area contributed by atoms with Crippen LogP contribution in [0, 0.1) is 0 Å². The number of sulfonamides is 1. The lowest BCUT2D eigenvalue weighted by molar-refractivity contribution is -0.116. The van der Waals surface area contributed by atoms with Crippen LogP contribution in [0.4, 0.5) is 5.69 Å². The molecule has 8 heteroatoms. The van der Waals surface area contributed by atoms with Crippen LogP contribution in [0.1, 0.15) is 6.42 Å². The molecule has 3 aromatic rings. The molecule has 0 saturated carbocycles. The molecule has 0 aliphatic rings. The quantitative estimate of drug-likeness (QED) is 0.654. The van der Waals surface area contributed by atoms with E-state index in [2.05, 4.69) is 20.0 Å². The Bertz CT molecular complexity index is 992. The lowest BCUT2D eigenvalue weighted by Crippen LogP contribution is -2.27. The van der Waals surface area contributed by atoms with E-state index < -0.39 is 10.0 Å². The second-order valence-electron chi connectivity index (χ2n) is 5.67. The number of nitrogens with zero attached hydrogens (tertiary/aromatic N) is 2. The third kappa shape index (κ3) is 5.19. The van der Waals surface area contributed by atoms with E-state index in [0.717, 1.165) is 5.56 Å². The van der Waals surface area contributed by atoms with Gasteiger partial charge >= 0.3 is 0 Å². The smallest absolute Gasteiger partial charge is 0.240 e. The van der Waals surface area contributed by atoms with E-state index in [4.69, 9.17) is 0 Å². The second-order valence-corrected chi connectivity index (χ2v) is 7.44. The van der Waals surface area contributed by atoms with Crippen molar-refractivity contribution in [3.63, 3.8) is 0 Å². The summed E-state index contributed by atoms with van der Waals surface area (Å²) in [6, 6.07) is 17.5. The Hall–Kier alpha value is -3.10. The van der Waals surface area contributed by atoms with Crippen molar-refractivity contribution in [1.82, 2.24) is 14.7 Å². The monoisotopic (exact) mass is 382 g/mol. The molecule has 0 aliphatic heterocycles. The van der Waals surface area contributed by atoms with Gasteiger partial charge in [-0.15, -0.1) is 0 Å². The maximum atomic E-state index is 12.1. The van der Waals surface area contributed by atoms with Crippen molar-refractivity contribution in [3.05, 3.63) is 73.1 Å². The maximum Gasteiger partial charge on any atom is 0.240 e. The third-order valence-corrected chi connectivity index (χ3v) is 5.14. The first-order valence-corrected chi connectivity index (χ1v) is 9.75. The molecule has 0 bridgehead atoms. The Morgan fingerprint density at radius 1 is 0.889 bits per heavy atom. The molecule has 138 valence electrons. The summed E-state index contributed by atoms with van der Waals surface area (Å²) in [5.74, 6) is 0.228. The fourth-order valence-corrected chi connectivity index (χ4v) is 3.39. The van der Waals surface area contributed by atoms with Crippen LogP contribution >= 0.6 is 0 Å². The topological polar surface area (TPSA) is 101 Å². The van der Waals surface area contributed by atoms with Crippen LogP contribution in [-0.4, -0.2) is 30.8 Å². The predicted octanol–water partition coefficient (Wildman–Crippen LogP) is 2.45. The average Bonchev–Trinajstić information content (AvgIpc) is 2.70. The largest absolute Gasteiger partial charge is 0.323 e. The van der Waals surface area contributed by atoms with Crippen molar-refractivity contribution >= 4 is 21.6 Å². The number of rotatable bonds is 7. The van der Waals surface area contributed by atoms with Crippen molar-refractivity contribution in [2.45, 2.75) is 11.3 Å². The number of aromatic nitrogens is 2. The van der Waals surface area contributed by atoms with Crippen LogP contribution in [0.5, 0.6) is 0 Å². The fraction of sp³-hybridized carbons (Fsp3) is 0.105. The van der Waals surface area contributed by atoms with Crippen LogP contribution in [0.3, 0.4) is 0 Å². The van der Waals surface area contributed by atoms with Crippen LogP contribution in [0.15, 0.2) is 78.0 Å². The van der Waals surface area contributed by atoms with E-state index >= 15 is 0 Å². The first kappa shape index (κ1) is 18.7. The highest BCUT2D eigenvalue weighted by molar-refractivity contribution is 7.89. The number of carbonyl (C=O) groups is 1. The Balaban J connectivity index is 1.51. The number of benzene rings is 2. The van der Waals surface area contributed by atoms with E-state index in [-0.39, 0.29) is 23.8 Å². The lowest BCUT2D eigenvalue weighted by Gasteiger charge is -2.08. The van der Waals surface area contributed by atoms with Gasteiger partial charge in [0, 0.05) is 18.5 Å². The van der Waals surface area contributed by atoms with Crippen molar-refractivity contribution in [2.75, 3.05) is 11.9 Å². The SMILES string of the molecule is O=C(CCNS(=O)(=O)c1ccccc1)Nc1cnc(-c2ccccc2)nc1. The molecular weight excluding hydrogens is 364 g/mol. The molecule has 2 aromatic carbocycles. The first-order valence-electron chi connectivity index (χ1n) is 8.27. The summed E-state index contributed by atoms with van der Waals surface area (Å²) in [7, 11) is -3.62. The van der Waals surface area contributed by atoms with Gasteiger partial charge in [0.05, 0.1) is 23.0 Å². The molecule has 2 N–H and O–H groups in total. The second kappa shape index (κ2) is 8.52. The average molecular weight is 382 g/mol. The van der Waals surface area contributed by atoms with Crippen molar-refractivity contribution in [1.29, 1.82) is 0 Å². The molecule has 0 radical (unpaired) electrons. The Labute approximate surface area is 157 Å². The molecule has 1 heterocycles. The molecule has 3 rings (SSSR count). The summed E-state index contributed by atoms with van der Waals surface area (Å²) in [4.78, 5) is 20.6. The molecule has 0 saturated heterocycles. The number of carbonyl (C=O) groups excluding carboxylic acids is 1. The van der Waals surface area contributed by atoms with Gasteiger partial charge in [-0.05, 0) is 12.1 Å². The van der Waals surface area contributed by atoms with Gasteiger partial charge in [0.25, 0.3) is 0 Å². The number of anilines is 1. The number of amides is 1. The molecule has 0 unspecified atom stereocenters. The van der Waals surface area contributed by atoms with E-state index in [1.54, 1.807) is 18.2 Å². The van der Waals surface area contributed by atoms with Gasteiger partial charge in [-0.25, -0.2) is 23.1 Å². The third-order valence-electron chi connectivity index (χ3n) is 3.67. The molecule has 27 heavy (non-hydrogen) atoms. The minimum absolute atomic E-state index is 0.00744. The first-order chi connectivity index (χ1) is 13.0. The van der Waals surface area contributed by atoms with Gasteiger partial charge < -0.3 is 5.32 Å². The fourth-order valence-electron chi connectivity index (χ4n) is 2.33. The predicted molar refractivity (Wildman–Crippen MR) is 102 cm³/mol. The number of hydrogen-bond acceptors (Lipinski definition) is 5. The van der Waals surface area contributed by atoms with Crippen LogP contribution < -0.4 is 10.0 Å². The van der Waals surface area contributed by atoms with E-state index in [1.165, 1.54) is 24.5 Å². The zero-order chi connectivity index (χ0) is 19.1. The van der Waals surface area contributed by atoms with Crippen LogP contribution in [0.25, 0.3) is 11.4 Å².